The van der Waals surface area contributed by atoms with Crippen LogP contribution in [0.4, 0.5) is 10.2 Å². The highest BCUT2D eigenvalue weighted by molar-refractivity contribution is 8.21. The molecule has 2 N–H and O–H groups in total. The molecule has 0 spiro atoms. The zero-order chi connectivity index (χ0) is 22.6. The van der Waals surface area contributed by atoms with E-state index < -0.39 is 5.67 Å². The lowest BCUT2D eigenvalue weighted by Crippen LogP contribution is -2.44. The van der Waals surface area contributed by atoms with Gasteiger partial charge >= 0.3 is 0 Å². The molecule has 1 aliphatic heterocycles. The zero-order valence-corrected chi connectivity index (χ0v) is 19.3. The first-order valence-electron chi connectivity index (χ1n) is 10.7. The number of likely N-dealkylation sites (tertiary alicyclic amines) is 1. The molecular formula is C24H33FN4OS. The maximum Gasteiger partial charge on any atom is 0.228 e. The van der Waals surface area contributed by atoms with Crippen LogP contribution >= 0.6 is 11.8 Å². The molecule has 1 aromatic carbocycles. The second kappa shape index (κ2) is 9.92. The van der Waals surface area contributed by atoms with Gasteiger partial charge in [-0.25, -0.2) is 9.37 Å². The van der Waals surface area contributed by atoms with Crippen LogP contribution in [0.1, 0.15) is 47.0 Å². The van der Waals surface area contributed by atoms with Gasteiger partial charge in [0.25, 0.3) is 0 Å². The first kappa shape index (κ1) is 23.4. The maximum absolute atomic E-state index is 14.3. The van der Waals surface area contributed by atoms with Crippen molar-refractivity contribution in [2.24, 2.45) is 5.92 Å². The highest BCUT2D eigenvalue weighted by Gasteiger charge is 2.30. The Labute approximate surface area is 189 Å². The van der Waals surface area contributed by atoms with Gasteiger partial charge in [0.05, 0.1) is 5.04 Å². The molecular weight excluding hydrogens is 411 g/mol. The molecule has 5 nitrogen and oxygen atoms in total. The van der Waals surface area contributed by atoms with Gasteiger partial charge in [0, 0.05) is 30.4 Å². The minimum atomic E-state index is -1.18. The van der Waals surface area contributed by atoms with Gasteiger partial charge < -0.3 is 10.2 Å². The average molecular weight is 445 g/mol. The van der Waals surface area contributed by atoms with Crippen LogP contribution < -0.4 is 5.32 Å². The number of anilines is 1. The van der Waals surface area contributed by atoms with E-state index in [1.807, 2.05) is 31.2 Å². The molecule has 2 aromatic rings. The number of halogens is 1. The Bertz CT molecular complexity index is 989. The summed E-state index contributed by atoms with van der Waals surface area (Å²) in [5.41, 5.74) is -0.226. The summed E-state index contributed by atoms with van der Waals surface area (Å²) < 4.78 is 14.3. The lowest BCUT2D eigenvalue weighted by molar-refractivity contribution is -0.121. The summed E-state index contributed by atoms with van der Waals surface area (Å²) in [6.45, 7) is 11.2. The van der Waals surface area contributed by atoms with Crippen molar-refractivity contribution < 1.29 is 10.6 Å². The summed E-state index contributed by atoms with van der Waals surface area (Å²) in [6.07, 6.45) is 3.70. The van der Waals surface area contributed by atoms with E-state index in [0.29, 0.717) is 23.8 Å². The van der Waals surface area contributed by atoms with E-state index in [4.69, 9.17) is 5.41 Å². The molecule has 168 valence electrons. The third-order valence-corrected chi connectivity index (χ3v) is 6.61. The fourth-order valence-corrected chi connectivity index (χ4v) is 4.40. The van der Waals surface area contributed by atoms with Gasteiger partial charge in [-0.2, -0.15) is 0 Å². The van der Waals surface area contributed by atoms with Gasteiger partial charge in [0.1, 0.15) is 11.5 Å². The van der Waals surface area contributed by atoms with Crippen LogP contribution in [0.3, 0.4) is 0 Å². The van der Waals surface area contributed by atoms with E-state index in [2.05, 4.69) is 21.8 Å². The van der Waals surface area contributed by atoms with Crippen LogP contribution in [-0.4, -0.2) is 46.1 Å². The number of nitrogens with zero attached hydrogens (tertiary/aromatic N) is 2. The number of amides is 1. The van der Waals surface area contributed by atoms with Crippen molar-refractivity contribution in [2.75, 3.05) is 25.0 Å². The lowest BCUT2D eigenvalue weighted by atomic mass is 9.94. The Morgan fingerprint density at radius 3 is 2.74 bits per heavy atom. The quantitative estimate of drug-likeness (QED) is 0.408. The number of thioether (sulfide) groups is 1. The number of rotatable bonds is 7. The van der Waals surface area contributed by atoms with Crippen LogP contribution in [0.25, 0.3) is 15.7 Å². The predicted molar refractivity (Wildman–Crippen MR) is 131 cm³/mol. The monoisotopic (exact) mass is 444 g/mol. The van der Waals surface area contributed by atoms with Crippen molar-refractivity contribution in [3.05, 3.63) is 42.6 Å². The number of carbonyl (C=O) groups excluding carboxylic acids is 1. The van der Waals surface area contributed by atoms with Crippen LogP contribution in [0.15, 0.2) is 37.0 Å². The van der Waals surface area contributed by atoms with E-state index in [1.54, 1.807) is 20.0 Å². The lowest BCUT2D eigenvalue weighted by Gasteiger charge is -2.34. The summed E-state index contributed by atoms with van der Waals surface area (Å²) in [5, 5.41) is 13.0. The second-order valence-electron chi connectivity index (χ2n) is 8.52. The van der Waals surface area contributed by atoms with E-state index in [9.17, 15) is 9.18 Å². The minimum Gasteiger partial charge on any atom is -0.310 e. The predicted octanol–water partition coefficient (Wildman–Crippen LogP) is 5.97. The van der Waals surface area contributed by atoms with Gasteiger partial charge in [-0.15, -0.1) is 0 Å². The first-order valence-corrected chi connectivity index (χ1v) is 11.5. The molecule has 0 bridgehead atoms. The number of hydrogen-bond acceptors (Lipinski definition) is 5. The van der Waals surface area contributed by atoms with Crippen LogP contribution in [0.2, 0.25) is 0 Å². The van der Waals surface area contributed by atoms with E-state index in [0.717, 1.165) is 47.2 Å². The number of alkyl halides is 1. The Kier molecular flexibility index (Phi) is 7.49. The molecule has 0 aliphatic carbocycles. The highest BCUT2D eigenvalue weighted by Crippen LogP contribution is 2.29. The fourth-order valence-electron chi connectivity index (χ4n) is 3.79. The molecule has 31 heavy (non-hydrogen) atoms. The van der Waals surface area contributed by atoms with Crippen molar-refractivity contribution in [1.82, 2.24) is 9.88 Å². The summed E-state index contributed by atoms with van der Waals surface area (Å²) in [7, 11) is 0. The summed E-state index contributed by atoms with van der Waals surface area (Å²) >= 11 is 1.33. The summed E-state index contributed by atoms with van der Waals surface area (Å²) in [4.78, 5) is 20.1. The number of fused-ring (bicyclic) bond motifs is 1. The van der Waals surface area contributed by atoms with Crippen LogP contribution in [-0.2, 0) is 4.79 Å². The van der Waals surface area contributed by atoms with Gasteiger partial charge in [0.15, 0.2) is 0 Å². The fraction of sp³-hybridized carbons (Fsp3) is 0.458. The smallest absolute Gasteiger partial charge is 0.228 e. The number of piperidine rings is 1. The van der Waals surface area contributed by atoms with Crippen molar-refractivity contribution in [2.45, 2.75) is 45.7 Å². The van der Waals surface area contributed by atoms with Crippen molar-refractivity contribution in [3.8, 4) is 0 Å². The van der Waals surface area contributed by atoms with Gasteiger partial charge in [-0.1, -0.05) is 37.4 Å². The molecule has 2 heterocycles. The largest absolute Gasteiger partial charge is 0.310 e. The second-order valence-corrected chi connectivity index (χ2v) is 9.83. The van der Waals surface area contributed by atoms with Crippen LogP contribution in [0.5, 0.6) is 0 Å². The summed E-state index contributed by atoms with van der Waals surface area (Å²) in [6, 6.07) is 7.82. The normalized spacial score (nSPS) is 17.3. The molecule has 1 aromatic heterocycles. The molecule has 1 amide bonds. The first-order chi connectivity index (χ1) is 14.7. The number of aromatic nitrogens is 1. The van der Waals surface area contributed by atoms with E-state index in [1.165, 1.54) is 11.8 Å². The Hall–Kier alpha value is -2.25. The Morgan fingerprint density at radius 1 is 1.39 bits per heavy atom. The number of hydrogen-bond donors (Lipinski definition) is 2. The third-order valence-electron chi connectivity index (χ3n) is 5.82. The van der Waals surface area contributed by atoms with E-state index in [-0.39, 0.29) is 13.3 Å². The average Bonchev–Trinajstić information content (AvgIpc) is 2.73. The molecule has 1 aliphatic rings. The molecule has 1 atom stereocenters. The molecule has 1 saturated heterocycles. The van der Waals surface area contributed by atoms with Gasteiger partial charge in [-0.3, -0.25) is 10.2 Å². The number of carbonyl (C=O) groups is 1. The maximum atomic E-state index is 14.3. The molecule has 0 saturated carbocycles. The zero-order valence-electron chi connectivity index (χ0n) is 18.5. The minimum absolute atomic E-state index is 0. The topological polar surface area (TPSA) is 69.1 Å². The molecule has 1 fully saturated rings. The highest BCUT2D eigenvalue weighted by atomic mass is 32.2. The molecule has 0 radical (unpaired) electrons. The van der Waals surface area contributed by atoms with E-state index >= 15 is 0 Å². The number of nitrogens with one attached hydrogen (secondary N) is 2. The van der Waals surface area contributed by atoms with Gasteiger partial charge in [0.2, 0.25) is 5.91 Å². The number of pyridine rings is 1. The molecule has 1 unspecified atom stereocenters. The summed E-state index contributed by atoms with van der Waals surface area (Å²) in [5.74, 6) is 0.417. The molecule has 7 heteroatoms. The van der Waals surface area contributed by atoms with Crippen molar-refractivity contribution in [3.63, 3.8) is 0 Å². The standard InChI is InChI=1S/C24H31FN4OS.H2/c1-5-24(4,25)15-29-10-8-18(9-11-29)23(30)28-22-13-21-12-19(16(2)31-17(3)26)6-7-20(21)14-27-22;/h6-7,12-14,18,26H,2,5,8-11,15H2,1,3-4H3,(H,27,28,30);1H. The number of benzene rings is 1. The van der Waals surface area contributed by atoms with Crippen LogP contribution in [0, 0.1) is 11.3 Å². The SMILES string of the molecule is C=C(SC(C)=N)c1ccc2cnc(NC(=O)C3CCN(CC(C)(F)CC)CC3)cc2c1.[HH]. The molecule has 3 rings (SSSR count). The van der Waals surface area contributed by atoms with Crippen molar-refractivity contribution >= 4 is 44.2 Å². The Morgan fingerprint density at radius 2 is 2.10 bits per heavy atom. The Balaban J connectivity index is 0.00000363. The third kappa shape index (κ3) is 6.37. The van der Waals surface area contributed by atoms with Crippen molar-refractivity contribution in [1.29, 1.82) is 5.41 Å². The van der Waals surface area contributed by atoms with Gasteiger partial charge in [-0.05, 0) is 69.3 Å².